The highest BCUT2D eigenvalue weighted by Crippen LogP contribution is 2.38. The molecule has 0 amide bonds. The lowest BCUT2D eigenvalue weighted by atomic mass is 10.2. The van der Waals surface area contributed by atoms with E-state index in [4.69, 9.17) is 0 Å². The Morgan fingerprint density at radius 1 is 1.43 bits per heavy atom. The number of ketones is 1. The molecule has 110 valence electrons. The summed E-state index contributed by atoms with van der Waals surface area (Å²) in [7, 11) is 0. The molecule has 2 aromatic heterocycles. The standard InChI is InChI=1S/C14H15N3O3S/c1-3-16(9-11-4-6-15-7-5-11)14-12(17(19)20)8-13(21-14)10(2)18/h4-8H,3,9H2,1-2H3. The van der Waals surface area contributed by atoms with E-state index in [-0.39, 0.29) is 11.5 Å². The number of hydrogen-bond acceptors (Lipinski definition) is 6. The SMILES string of the molecule is CCN(Cc1ccncc1)c1sc(C(C)=O)cc1[N+](=O)[O-]. The summed E-state index contributed by atoms with van der Waals surface area (Å²) in [6.07, 6.45) is 3.38. The highest BCUT2D eigenvalue weighted by molar-refractivity contribution is 7.18. The van der Waals surface area contributed by atoms with Gasteiger partial charge < -0.3 is 4.90 Å². The average molecular weight is 305 g/mol. The Morgan fingerprint density at radius 3 is 2.62 bits per heavy atom. The Labute approximate surface area is 126 Å². The first-order valence-electron chi connectivity index (χ1n) is 6.46. The molecule has 0 aliphatic rings. The van der Waals surface area contributed by atoms with Crippen molar-refractivity contribution in [3.05, 3.63) is 51.1 Å². The third kappa shape index (κ3) is 3.43. The maximum atomic E-state index is 11.5. The van der Waals surface area contributed by atoms with Gasteiger partial charge in [0.15, 0.2) is 10.8 Å². The van der Waals surface area contributed by atoms with E-state index in [2.05, 4.69) is 4.98 Å². The van der Waals surface area contributed by atoms with Gasteiger partial charge in [0.25, 0.3) is 0 Å². The summed E-state index contributed by atoms with van der Waals surface area (Å²) in [4.78, 5) is 28.5. The van der Waals surface area contributed by atoms with Gasteiger partial charge >= 0.3 is 5.69 Å². The van der Waals surface area contributed by atoms with Gasteiger partial charge in [-0.1, -0.05) is 0 Å². The van der Waals surface area contributed by atoms with E-state index >= 15 is 0 Å². The van der Waals surface area contributed by atoms with Crippen molar-refractivity contribution in [2.24, 2.45) is 0 Å². The lowest BCUT2D eigenvalue weighted by Crippen LogP contribution is -2.21. The second-order valence-electron chi connectivity index (χ2n) is 4.48. The normalized spacial score (nSPS) is 10.4. The number of rotatable bonds is 6. The third-order valence-corrected chi connectivity index (χ3v) is 4.31. The molecule has 21 heavy (non-hydrogen) atoms. The molecule has 0 aliphatic carbocycles. The van der Waals surface area contributed by atoms with Gasteiger partial charge in [-0.2, -0.15) is 0 Å². The summed E-state index contributed by atoms with van der Waals surface area (Å²) in [6, 6.07) is 5.10. The van der Waals surface area contributed by atoms with Crippen molar-refractivity contribution in [2.75, 3.05) is 11.4 Å². The molecule has 0 saturated heterocycles. The molecule has 0 unspecified atom stereocenters. The molecule has 0 aliphatic heterocycles. The predicted octanol–water partition coefficient (Wildman–Crippen LogP) is 3.28. The van der Waals surface area contributed by atoms with Gasteiger partial charge in [-0.25, -0.2) is 0 Å². The molecule has 6 nitrogen and oxygen atoms in total. The summed E-state index contributed by atoms with van der Waals surface area (Å²) in [5.74, 6) is -0.158. The number of nitrogens with zero attached hydrogens (tertiary/aromatic N) is 3. The van der Waals surface area contributed by atoms with Gasteiger partial charge in [0.1, 0.15) is 0 Å². The predicted molar refractivity (Wildman–Crippen MR) is 81.9 cm³/mol. The molecule has 0 bridgehead atoms. The summed E-state index contributed by atoms with van der Waals surface area (Å²) in [5, 5.41) is 11.7. The molecule has 0 spiro atoms. The lowest BCUT2D eigenvalue weighted by molar-refractivity contribution is -0.383. The second kappa shape index (κ2) is 6.45. The molecule has 0 N–H and O–H groups in total. The quantitative estimate of drug-likeness (QED) is 0.465. The molecule has 7 heteroatoms. The zero-order valence-electron chi connectivity index (χ0n) is 11.8. The maximum Gasteiger partial charge on any atom is 0.304 e. The second-order valence-corrected chi connectivity index (χ2v) is 5.51. The van der Waals surface area contributed by atoms with Gasteiger partial charge in [0.05, 0.1) is 9.80 Å². The van der Waals surface area contributed by atoms with Crippen molar-refractivity contribution >= 4 is 27.8 Å². The van der Waals surface area contributed by atoms with E-state index in [0.717, 1.165) is 5.56 Å². The summed E-state index contributed by atoms with van der Waals surface area (Å²) < 4.78 is 0. The average Bonchev–Trinajstić information content (AvgIpc) is 2.91. The van der Waals surface area contributed by atoms with Crippen LogP contribution < -0.4 is 4.90 Å². The minimum absolute atomic E-state index is 0.0129. The first kappa shape index (κ1) is 15.1. The van der Waals surface area contributed by atoms with Crippen LogP contribution >= 0.6 is 11.3 Å². The Bertz CT molecular complexity index is 655. The smallest absolute Gasteiger partial charge is 0.304 e. The van der Waals surface area contributed by atoms with Crippen LogP contribution in [0.25, 0.3) is 0 Å². The van der Waals surface area contributed by atoms with E-state index in [1.807, 2.05) is 24.0 Å². The molecule has 0 saturated carbocycles. The minimum Gasteiger partial charge on any atom is -0.354 e. The van der Waals surface area contributed by atoms with Gasteiger partial charge in [0, 0.05) is 31.5 Å². The number of hydrogen-bond donors (Lipinski definition) is 0. The van der Waals surface area contributed by atoms with Crippen LogP contribution in [0.4, 0.5) is 10.7 Å². The fraction of sp³-hybridized carbons (Fsp3) is 0.286. The van der Waals surface area contributed by atoms with Crippen molar-refractivity contribution in [1.82, 2.24) is 4.98 Å². The molecule has 0 atom stereocenters. The van der Waals surface area contributed by atoms with Crippen molar-refractivity contribution in [3.63, 3.8) is 0 Å². The fourth-order valence-electron chi connectivity index (χ4n) is 1.94. The first-order valence-corrected chi connectivity index (χ1v) is 7.27. The van der Waals surface area contributed by atoms with Crippen LogP contribution in [-0.4, -0.2) is 22.2 Å². The molecule has 0 aromatic carbocycles. The highest BCUT2D eigenvalue weighted by atomic mass is 32.1. The van der Waals surface area contributed by atoms with E-state index in [0.29, 0.717) is 23.0 Å². The fourth-order valence-corrected chi connectivity index (χ4v) is 3.02. The van der Waals surface area contributed by atoms with Crippen molar-refractivity contribution in [3.8, 4) is 0 Å². The van der Waals surface area contributed by atoms with Gasteiger partial charge in [0.2, 0.25) is 0 Å². The number of carbonyl (C=O) groups excluding carboxylic acids is 1. The summed E-state index contributed by atoms with van der Waals surface area (Å²) in [6.45, 7) is 4.50. The number of carbonyl (C=O) groups is 1. The van der Waals surface area contributed by atoms with Gasteiger partial charge in [-0.3, -0.25) is 19.9 Å². The van der Waals surface area contributed by atoms with Crippen molar-refractivity contribution in [2.45, 2.75) is 20.4 Å². The Hall–Kier alpha value is -2.28. The third-order valence-electron chi connectivity index (χ3n) is 3.03. The van der Waals surface area contributed by atoms with Crippen molar-refractivity contribution < 1.29 is 9.72 Å². The van der Waals surface area contributed by atoms with E-state index < -0.39 is 4.92 Å². The van der Waals surface area contributed by atoms with Crippen LogP contribution in [-0.2, 0) is 6.54 Å². The van der Waals surface area contributed by atoms with Crippen LogP contribution in [0.5, 0.6) is 0 Å². The number of anilines is 1. The van der Waals surface area contributed by atoms with Crippen LogP contribution in [0.2, 0.25) is 0 Å². The Balaban J connectivity index is 2.37. The Kier molecular flexibility index (Phi) is 4.64. The molecule has 2 aromatic rings. The number of thiophene rings is 1. The highest BCUT2D eigenvalue weighted by Gasteiger charge is 2.24. The molecule has 2 heterocycles. The molecule has 2 rings (SSSR count). The number of Topliss-reactive ketones (excluding diaryl/α,β-unsaturated/α-hetero) is 1. The Morgan fingerprint density at radius 2 is 2.10 bits per heavy atom. The maximum absolute atomic E-state index is 11.5. The van der Waals surface area contributed by atoms with Crippen LogP contribution in [0, 0.1) is 10.1 Å². The summed E-state index contributed by atoms with van der Waals surface area (Å²) in [5.41, 5.74) is 1.00. The van der Waals surface area contributed by atoms with Crippen molar-refractivity contribution in [1.29, 1.82) is 0 Å². The van der Waals surface area contributed by atoms with Crippen LogP contribution in [0.3, 0.4) is 0 Å². The first-order chi connectivity index (χ1) is 10.0. The molecule has 0 radical (unpaired) electrons. The largest absolute Gasteiger partial charge is 0.354 e. The minimum atomic E-state index is -0.437. The number of aromatic nitrogens is 1. The van der Waals surface area contributed by atoms with Gasteiger partial charge in [-0.05, 0) is 31.5 Å². The monoisotopic (exact) mass is 305 g/mol. The lowest BCUT2D eigenvalue weighted by Gasteiger charge is -2.20. The van der Waals surface area contributed by atoms with Crippen LogP contribution in [0.15, 0.2) is 30.6 Å². The molecular formula is C14H15N3O3S. The van der Waals surface area contributed by atoms with E-state index in [1.165, 1.54) is 24.3 Å². The van der Waals surface area contributed by atoms with Gasteiger partial charge in [-0.15, -0.1) is 11.3 Å². The topological polar surface area (TPSA) is 76.3 Å². The number of nitro groups is 1. The molecule has 0 fully saturated rings. The molecular weight excluding hydrogens is 290 g/mol. The zero-order valence-corrected chi connectivity index (χ0v) is 12.6. The zero-order chi connectivity index (χ0) is 15.4. The summed E-state index contributed by atoms with van der Waals surface area (Å²) >= 11 is 1.17. The van der Waals surface area contributed by atoms with E-state index in [1.54, 1.807) is 12.4 Å². The number of pyridine rings is 1. The van der Waals surface area contributed by atoms with Crippen LogP contribution in [0.1, 0.15) is 29.1 Å². The van der Waals surface area contributed by atoms with E-state index in [9.17, 15) is 14.9 Å².